The van der Waals surface area contributed by atoms with E-state index in [1.807, 2.05) is 6.92 Å². The zero-order valence-corrected chi connectivity index (χ0v) is 12.2. The quantitative estimate of drug-likeness (QED) is 0.486. The molecule has 1 unspecified atom stereocenters. The molecule has 2 nitrogen and oxygen atoms in total. The fourth-order valence-corrected chi connectivity index (χ4v) is 1.34. The molecule has 0 heterocycles. The van der Waals surface area contributed by atoms with Crippen molar-refractivity contribution in [3.63, 3.8) is 0 Å². The van der Waals surface area contributed by atoms with Crippen LogP contribution in [0.25, 0.3) is 0 Å². The van der Waals surface area contributed by atoms with Crippen LogP contribution in [-0.2, 0) is 4.79 Å². The molecule has 0 aliphatic carbocycles. The Bertz CT molecular complexity index is 131. The first-order valence-corrected chi connectivity index (χ1v) is 7.11. The molecular formula is C7H15KO2Si. The second-order valence-corrected chi connectivity index (χ2v) is 9.56. The van der Waals surface area contributed by atoms with Crippen molar-refractivity contribution in [3.05, 3.63) is 0 Å². The minimum Gasteiger partial charge on any atom is -0.550 e. The van der Waals surface area contributed by atoms with Gasteiger partial charge < -0.3 is 9.90 Å². The zero-order valence-electron chi connectivity index (χ0n) is 8.10. The van der Waals surface area contributed by atoms with Crippen LogP contribution in [0.1, 0.15) is 13.3 Å². The van der Waals surface area contributed by atoms with Gasteiger partial charge in [-0.2, -0.15) is 0 Å². The van der Waals surface area contributed by atoms with Gasteiger partial charge in [0.2, 0.25) is 0 Å². The maximum absolute atomic E-state index is 10.2. The van der Waals surface area contributed by atoms with Crippen LogP contribution in [0.5, 0.6) is 0 Å². The summed E-state index contributed by atoms with van der Waals surface area (Å²) in [7, 11) is -1.24. The average molecular weight is 198 g/mol. The third kappa shape index (κ3) is 7.68. The summed E-state index contributed by atoms with van der Waals surface area (Å²) < 4.78 is 0. The van der Waals surface area contributed by atoms with E-state index in [1.165, 1.54) is 0 Å². The Morgan fingerprint density at radius 1 is 1.45 bits per heavy atom. The van der Waals surface area contributed by atoms with Crippen LogP contribution in [0.4, 0.5) is 0 Å². The predicted molar refractivity (Wildman–Crippen MR) is 42.4 cm³/mol. The van der Waals surface area contributed by atoms with Crippen LogP contribution in [-0.4, -0.2) is 14.0 Å². The van der Waals surface area contributed by atoms with Crippen LogP contribution in [0.15, 0.2) is 0 Å². The van der Waals surface area contributed by atoms with Crippen LogP contribution >= 0.6 is 0 Å². The Morgan fingerprint density at radius 3 is 1.91 bits per heavy atom. The number of carbonyl (C=O) groups is 1. The molecule has 0 saturated heterocycles. The summed E-state index contributed by atoms with van der Waals surface area (Å²) in [6.45, 7) is 8.49. The van der Waals surface area contributed by atoms with E-state index in [4.69, 9.17) is 0 Å². The summed E-state index contributed by atoms with van der Waals surface area (Å²) in [4.78, 5) is 10.2. The smallest absolute Gasteiger partial charge is 0.550 e. The molecule has 0 aromatic carbocycles. The Hall–Kier alpha value is 1.32. The third-order valence-electron chi connectivity index (χ3n) is 1.95. The second kappa shape index (κ2) is 5.88. The van der Waals surface area contributed by atoms with Crippen molar-refractivity contribution in [1.29, 1.82) is 0 Å². The first-order chi connectivity index (χ1) is 4.34. The van der Waals surface area contributed by atoms with Gasteiger partial charge >= 0.3 is 51.4 Å². The molecule has 0 aromatic rings. The van der Waals surface area contributed by atoms with Crippen LogP contribution in [0.2, 0.25) is 25.2 Å². The zero-order chi connectivity index (χ0) is 8.36. The molecule has 0 N–H and O–H groups in total. The van der Waals surface area contributed by atoms with Crippen molar-refractivity contribution < 1.29 is 61.3 Å². The maximum Gasteiger partial charge on any atom is 1.00 e. The van der Waals surface area contributed by atoms with Gasteiger partial charge in [0.1, 0.15) is 0 Å². The number of hydrogen-bond donors (Lipinski definition) is 0. The monoisotopic (exact) mass is 198 g/mol. The minimum absolute atomic E-state index is 0. The standard InChI is InChI=1S/C7H16O2Si.K/c1-6(5-7(8)9)10(2,3)4;/h6H,5H2,1-4H3,(H,8,9);/q;+1/p-1. The molecule has 0 aliphatic heterocycles. The van der Waals surface area contributed by atoms with Gasteiger partial charge in [0.05, 0.1) is 0 Å². The second-order valence-electron chi connectivity index (χ2n) is 3.84. The molecule has 0 amide bonds. The fourth-order valence-electron chi connectivity index (χ4n) is 0.556. The normalized spacial score (nSPS) is 13.5. The largest absolute Gasteiger partial charge is 1.00 e. The van der Waals surface area contributed by atoms with Gasteiger partial charge in [0.25, 0.3) is 0 Å². The molecule has 11 heavy (non-hydrogen) atoms. The Labute approximate surface area is 112 Å². The summed E-state index contributed by atoms with van der Waals surface area (Å²) in [5.74, 6) is -0.921. The van der Waals surface area contributed by atoms with E-state index in [-0.39, 0.29) is 57.8 Å². The molecule has 0 aliphatic rings. The van der Waals surface area contributed by atoms with Crippen LogP contribution in [0.3, 0.4) is 0 Å². The van der Waals surface area contributed by atoms with Crippen LogP contribution in [0, 0.1) is 0 Å². The summed E-state index contributed by atoms with van der Waals surface area (Å²) in [6, 6.07) is 0. The van der Waals surface area contributed by atoms with E-state index in [1.54, 1.807) is 0 Å². The number of rotatable bonds is 3. The summed E-state index contributed by atoms with van der Waals surface area (Å²) >= 11 is 0. The molecule has 4 heteroatoms. The van der Waals surface area contributed by atoms with Gasteiger partial charge in [-0.05, 0) is 12.0 Å². The van der Waals surface area contributed by atoms with E-state index in [9.17, 15) is 9.90 Å². The molecule has 60 valence electrons. The van der Waals surface area contributed by atoms with Gasteiger partial charge in [-0.1, -0.05) is 26.6 Å². The van der Waals surface area contributed by atoms with Crippen molar-refractivity contribution in [2.45, 2.75) is 38.5 Å². The first-order valence-electron chi connectivity index (χ1n) is 3.54. The maximum atomic E-state index is 10.2. The SMILES string of the molecule is CC(CC(=O)[O-])[Si](C)(C)C.[K+]. The molecule has 0 spiro atoms. The van der Waals surface area contributed by atoms with Gasteiger partial charge in [-0.15, -0.1) is 0 Å². The molecule has 0 bridgehead atoms. The predicted octanol–water partition coefficient (Wildman–Crippen LogP) is -2.14. The Kier molecular flexibility index (Phi) is 7.93. The number of carbonyl (C=O) groups excluding carboxylic acids is 1. The molecular weight excluding hydrogens is 183 g/mol. The van der Waals surface area contributed by atoms with Crippen molar-refractivity contribution in [3.8, 4) is 0 Å². The molecule has 0 rings (SSSR count). The van der Waals surface area contributed by atoms with Crippen molar-refractivity contribution in [2.24, 2.45) is 0 Å². The van der Waals surface area contributed by atoms with E-state index in [0.717, 1.165) is 0 Å². The number of hydrogen-bond acceptors (Lipinski definition) is 2. The minimum atomic E-state index is -1.24. The van der Waals surface area contributed by atoms with Gasteiger partial charge in [-0.25, -0.2) is 0 Å². The molecule has 0 saturated carbocycles. The Morgan fingerprint density at radius 2 is 1.82 bits per heavy atom. The number of carboxylic acid groups (broad SMARTS) is 1. The molecule has 0 radical (unpaired) electrons. The molecule has 0 fully saturated rings. The van der Waals surface area contributed by atoms with Crippen LogP contribution < -0.4 is 56.5 Å². The summed E-state index contributed by atoms with van der Waals surface area (Å²) in [5, 5.41) is 10.2. The molecule has 1 atom stereocenters. The van der Waals surface area contributed by atoms with Gasteiger partial charge in [0.15, 0.2) is 0 Å². The molecule has 0 aromatic heterocycles. The first kappa shape index (κ1) is 14.8. The van der Waals surface area contributed by atoms with Crippen molar-refractivity contribution in [1.82, 2.24) is 0 Å². The third-order valence-corrected chi connectivity index (χ3v) is 5.11. The van der Waals surface area contributed by atoms with E-state index in [2.05, 4.69) is 19.6 Å². The van der Waals surface area contributed by atoms with Crippen molar-refractivity contribution >= 4 is 14.0 Å². The topological polar surface area (TPSA) is 40.1 Å². The Balaban J connectivity index is 0. The average Bonchev–Trinajstić information content (AvgIpc) is 1.60. The van der Waals surface area contributed by atoms with Gasteiger partial charge in [-0.3, -0.25) is 0 Å². The van der Waals surface area contributed by atoms with Gasteiger partial charge in [0, 0.05) is 14.0 Å². The number of aliphatic carboxylic acids is 1. The van der Waals surface area contributed by atoms with E-state index >= 15 is 0 Å². The van der Waals surface area contributed by atoms with E-state index < -0.39 is 14.0 Å². The summed E-state index contributed by atoms with van der Waals surface area (Å²) in [5.41, 5.74) is 0.317. The van der Waals surface area contributed by atoms with E-state index in [0.29, 0.717) is 5.54 Å². The fraction of sp³-hybridized carbons (Fsp3) is 0.857. The number of carboxylic acids is 1. The summed E-state index contributed by atoms with van der Waals surface area (Å²) in [6.07, 6.45) is 0.218. The van der Waals surface area contributed by atoms with Crippen molar-refractivity contribution in [2.75, 3.05) is 0 Å².